The summed E-state index contributed by atoms with van der Waals surface area (Å²) in [6.07, 6.45) is 3.78. The number of methoxy groups -OCH3 is 3. The molecule has 3 heterocycles. The van der Waals surface area contributed by atoms with E-state index < -0.39 is 29.2 Å². The van der Waals surface area contributed by atoms with Gasteiger partial charge in [0, 0.05) is 17.5 Å². The van der Waals surface area contributed by atoms with E-state index >= 15 is 4.79 Å². The number of carbonyl (C=O) groups excluding carboxylic acids is 3. The molecule has 3 aliphatic heterocycles. The van der Waals surface area contributed by atoms with Crippen LogP contribution in [0.2, 0.25) is 0 Å². The second-order valence-corrected chi connectivity index (χ2v) is 11.1. The number of Topliss-reactive ketones (excluding diaryl/α,β-unsaturated/α-hetero) is 2. The fraction of sp³-hybridized carbons (Fsp3) is 0.194. The van der Waals surface area contributed by atoms with Gasteiger partial charge in [-0.05, 0) is 59.2 Å². The normalized spacial score (nSPS) is 22.6. The molecule has 1 spiro atoms. The maximum Gasteiger partial charge on any atom is 0.238 e. The van der Waals surface area contributed by atoms with Crippen LogP contribution in [-0.2, 0) is 10.2 Å². The molecule has 0 saturated carbocycles. The van der Waals surface area contributed by atoms with Crippen molar-refractivity contribution in [2.45, 2.75) is 17.5 Å². The highest BCUT2D eigenvalue weighted by atomic mass is 16.5. The lowest BCUT2D eigenvalue weighted by molar-refractivity contribution is -0.122. The molecular weight excluding hydrogens is 556 g/mol. The third kappa shape index (κ3) is 3.80. The van der Waals surface area contributed by atoms with Crippen molar-refractivity contribution in [3.05, 3.63) is 125 Å². The average molecular weight is 587 g/mol. The van der Waals surface area contributed by atoms with E-state index in [1.54, 1.807) is 42.5 Å². The number of carbonyl (C=O) groups is 3. The highest BCUT2D eigenvalue weighted by Gasteiger charge is 2.71. The zero-order valence-electron chi connectivity index (χ0n) is 24.4. The lowest BCUT2D eigenvalue weighted by atomic mass is 9.62. The highest BCUT2D eigenvalue weighted by Crippen LogP contribution is 2.62. The summed E-state index contributed by atoms with van der Waals surface area (Å²) in [5.41, 5.74) is 2.22. The fourth-order valence-electron chi connectivity index (χ4n) is 7.29. The van der Waals surface area contributed by atoms with Gasteiger partial charge in [-0.2, -0.15) is 0 Å². The van der Waals surface area contributed by atoms with E-state index in [0.29, 0.717) is 34.1 Å². The van der Waals surface area contributed by atoms with Crippen LogP contribution in [0, 0.1) is 5.92 Å². The number of hydrogen-bond acceptors (Lipinski definition) is 7. The van der Waals surface area contributed by atoms with Gasteiger partial charge in [0.25, 0.3) is 0 Å². The summed E-state index contributed by atoms with van der Waals surface area (Å²) in [7, 11) is 4.54. The summed E-state index contributed by atoms with van der Waals surface area (Å²) in [5.74, 6) is -0.879. The SMILES string of the molecule is COc1cccc(C(=O)[C@H]2[C@@H](C(=O)c3cc(OC)ccc3OC)[C@]3(C(=O)Nc4ccccc43)[C@H]3c4ccccc4C=CN23)c1. The van der Waals surface area contributed by atoms with Gasteiger partial charge in [0.1, 0.15) is 28.7 Å². The zero-order chi connectivity index (χ0) is 30.6. The quantitative estimate of drug-likeness (QED) is 0.278. The van der Waals surface area contributed by atoms with E-state index in [9.17, 15) is 9.59 Å². The van der Waals surface area contributed by atoms with Gasteiger partial charge in [0.05, 0.1) is 38.9 Å². The minimum Gasteiger partial charge on any atom is -0.497 e. The lowest BCUT2D eigenvalue weighted by Crippen LogP contribution is -2.49. The van der Waals surface area contributed by atoms with Crippen molar-refractivity contribution < 1.29 is 28.6 Å². The Morgan fingerprint density at radius 3 is 2.34 bits per heavy atom. The Morgan fingerprint density at radius 1 is 0.795 bits per heavy atom. The first-order chi connectivity index (χ1) is 21.4. The minimum absolute atomic E-state index is 0.231. The number of benzene rings is 4. The van der Waals surface area contributed by atoms with Crippen molar-refractivity contribution in [2.75, 3.05) is 26.6 Å². The molecule has 1 N–H and O–H groups in total. The van der Waals surface area contributed by atoms with Gasteiger partial charge >= 0.3 is 0 Å². The van der Waals surface area contributed by atoms with Crippen molar-refractivity contribution in [3.63, 3.8) is 0 Å². The number of rotatable bonds is 7. The van der Waals surface area contributed by atoms with Crippen LogP contribution in [0.1, 0.15) is 43.4 Å². The molecule has 8 heteroatoms. The molecule has 1 amide bonds. The van der Waals surface area contributed by atoms with Gasteiger partial charge in [-0.1, -0.05) is 54.6 Å². The van der Waals surface area contributed by atoms with Gasteiger partial charge < -0.3 is 24.4 Å². The van der Waals surface area contributed by atoms with E-state index in [1.165, 1.54) is 21.3 Å². The van der Waals surface area contributed by atoms with Gasteiger partial charge in [-0.3, -0.25) is 14.4 Å². The Bertz CT molecular complexity index is 1870. The summed E-state index contributed by atoms with van der Waals surface area (Å²) >= 11 is 0. The summed E-state index contributed by atoms with van der Waals surface area (Å²) < 4.78 is 16.6. The van der Waals surface area contributed by atoms with Gasteiger partial charge in [0.2, 0.25) is 5.91 Å². The van der Waals surface area contributed by atoms with Gasteiger partial charge in [0.15, 0.2) is 11.6 Å². The number of nitrogens with zero attached hydrogens (tertiary/aromatic N) is 1. The van der Waals surface area contributed by atoms with Crippen LogP contribution in [0.25, 0.3) is 6.08 Å². The number of ketones is 2. The second-order valence-electron chi connectivity index (χ2n) is 11.1. The molecule has 1 saturated heterocycles. The minimum atomic E-state index is -1.46. The Morgan fingerprint density at radius 2 is 1.55 bits per heavy atom. The van der Waals surface area contributed by atoms with Crippen LogP contribution in [0.3, 0.4) is 0 Å². The number of para-hydroxylation sites is 1. The second kappa shape index (κ2) is 10.4. The van der Waals surface area contributed by atoms with Gasteiger partial charge in [-0.15, -0.1) is 0 Å². The van der Waals surface area contributed by atoms with Gasteiger partial charge in [-0.25, -0.2) is 0 Å². The predicted octanol–water partition coefficient (Wildman–Crippen LogP) is 5.69. The fourth-order valence-corrected chi connectivity index (χ4v) is 7.29. The van der Waals surface area contributed by atoms with Crippen molar-refractivity contribution in [2.24, 2.45) is 5.92 Å². The summed E-state index contributed by atoms with van der Waals surface area (Å²) in [4.78, 5) is 46.5. The Kier molecular flexibility index (Phi) is 6.50. The first kappa shape index (κ1) is 27.5. The molecule has 4 aromatic rings. The van der Waals surface area contributed by atoms with Crippen molar-refractivity contribution in [3.8, 4) is 17.2 Å². The van der Waals surface area contributed by atoms with Crippen molar-refractivity contribution in [1.82, 2.24) is 4.90 Å². The Hall–Kier alpha value is -5.37. The molecule has 0 aliphatic carbocycles. The molecule has 4 atom stereocenters. The van der Waals surface area contributed by atoms with E-state index in [2.05, 4.69) is 5.32 Å². The van der Waals surface area contributed by atoms with E-state index in [-0.39, 0.29) is 17.3 Å². The van der Waals surface area contributed by atoms with E-state index in [0.717, 1.165) is 11.1 Å². The monoisotopic (exact) mass is 586 g/mol. The number of fused-ring (bicyclic) bond motifs is 6. The molecule has 3 aliphatic rings. The van der Waals surface area contributed by atoms with Crippen LogP contribution in [0.5, 0.6) is 17.2 Å². The number of amides is 1. The molecule has 0 radical (unpaired) electrons. The smallest absolute Gasteiger partial charge is 0.238 e. The molecule has 7 rings (SSSR count). The number of anilines is 1. The molecule has 220 valence electrons. The number of hydrogen-bond donors (Lipinski definition) is 1. The van der Waals surface area contributed by atoms with Crippen LogP contribution in [0.15, 0.2) is 97.2 Å². The lowest BCUT2D eigenvalue weighted by Gasteiger charge is -2.38. The highest BCUT2D eigenvalue weighted by molar-refractivity contribution is 6.17. The summed E-state index contributed by atoms with van der Waals surface area (Å²) in [5, 5.41) is 3.07. The number of ether oxygens (including phenoxy) is 3. The number of nitrogens with one attached hydrogen (secondary N) is 1. The molecule has 8 nitrogen and oxygen atoms in total. The van der Waals surface area contributed by atoms with Crippen LogP contribution >= 0.6 is 0 Å². The maximum atomic E-state index is 15.2. The first-order valence-electron chi connectivity index (χ1n) is 14.3. The standard InChI is InChI=1S/C36H30N2O6/c1-42-23-11-8-10-22(19-23)32(39)31-30(33(40)26-20-24(43-2)15-16-29(26)44-3)36(27-13-6-7-14-28(27)37-35(36)41)34-25-12-5-4-9-21(25)17-18-38(31)34/h4-20,30-31,34H,1-3H3,(H,37,41)/t30-,31+,34+,36-/m0/s1. The maximum absolute atomic E-state index is 15.2. The van der Waals surface area contributed by atoms with E-state index in [4.69, 9.17) is 14.2 Å². The Labute approximate surface area is 254 Å². The molecule has 0 unspecified atom stereocenters. The first-order valence-corrected chi connectivity index (χ1v) is 14.3. The molecule has 0 aromatic heterocycles. The van der Waals surface area contributed by atoms with Crippen molar-refractivity contribution >= 4 is 29.2 Å². The summed E-state index contributed by atoms with van der Waals surface area (Å²) in [6, 6.07) is 25.4. The molecule has 1 fully saturated rings. The Balaban J connectivity index is 1.55. The molecular formula is C36H30N2O6. The van der Waals surface area contributed by atoms with E-state index in [1.807, 2.05) is 65.7 Å². The third-order valence-corrected chi connectivity index (χ3v) is 9.15. The average Bonchev–Trinajstić information content (AvgIpc) is 3.55. The van der Waals surface area contributed by atoms with Crippen LogP contribution in [-0.4, -0.2) is 49.7 Å². The third-order valence-electron chi connectivity index (χ3n) is 9.15. The van der Waals surface area contributed by atoms with Crippen LogP contribution in [0.4, 0.5) is 5.69 Å². The van der Waals surface area contributed by atoms with Crippen LogP contribution < -0.4 is 19.5 Å². The topological polar surface area (TPSA) is 94.2 Å². The molecule has 0 bridgehead atoms. The largest absolute Gasteiger partial charge is 0.497 e. The summed E-state index contributed by atoms with van der Waals surface area (Å²) in [6.45, 7) is 0. The van der Waals surface area contributed by atoms with Crippen molar-refractivity contribution in [1.29, 1.82) is 0 Å². The molecule has 4 aromatic carbocycles. The predicted molar refractivity (Wildman–Crippen MR) is 165 cm³/mol. The molecule has 44 heavy (non-hydrogen) atoms. The zero-order valence-corrected chi connectivity index (χ0v) is 24.4.